The normalized spacial score (nSPS) is 27.5. The van der Waals surface area contributed by atoms with Crippen LogP contribution >= 0.6 is 0 Å². The molecule has 0 saturated heterocycles. The summed E-state index contributed by atoms with van der Waals surface area (Å²) in [5, 5.41) is 8.74. The van der Waals surface area contributed by atoms with Crippen LogP contribution in [0.2, 0.25) is 0 Å². The van der Waals surface area contributed by atoms with E-state index in [1.165, 1.54) is 0 Å². The van der Waals surface area contributed by atoms with Gasteiger partial charge in [-0.2, -0.15) is 0 Å². The second-order valence-corrected chi connectivity index (χ2v) is 5.65. The highest BCUT2D eigenvalue weighted by Gasteiger charge is 2.45. The Labute approximate surface area is 108 Å². The topological polar surface area (TPSA) is 83.6 Å². The number of carboxylic acid groups (broad SMARTS) is 1. The van der Waals surface area contributed by atoms with Crippen molar-refractivity contribution in [1.82, 2.24) is 4.90 Å². The highest BCUT2D eigenvalue weighted by Crippen LogP contribution is 2.38. The van der Waals surface area contributed by atoms with E-state index >= 15 is 0 Å². The Morgan fingerprint density at radius 1 is 1.50 bits per heavy atom. The summed E-state index contributed by atoms with van der Waals surface area (Å²) >= 11 is 0. The SMILES string of the molecule is CC(C)N(CCC(=O)O)C(=O)C1(C)CCCC1N. The van der Waals surface area contributed by atoms with Crippen LogP contribution in [0, 0.1) is 5.41 Å². The first kappa shape index (κ1) is 15.0. The van der Waals surface area contributed by atoms with Crippen molar-refractivity contribution in [3.8, 4) is 0 Å². The summed E-state index contributed by atoms with van der Waals surface area (Å²) < 4.78 is 0. The fourth-order valence-electron chi connectivity index (χ4n) is 2.60. The van der Waals surface area contributed by atoms with Crippen molar-refractivity contribution in [3.63, 3.8) is 0 Å². The molecule has 3 N–H and O–H groups in total. The molecule has 0 aromatic carbocycles. The maximum absolute atomic E-state index is 12.6. The van der Waals surface area contributed by atoms with E-state index in [0.29, 0.717) is 0 Å². The van der Waals surface area contributed by atoms with Crippen LogP contribution in [0.5, 0.6) is 0 Å². The average Bonchev–Trinajstić information content (AvgIpc) is 2.59. The summed E-state index contributed by atoms with van der Waals surface area (Å²) in [6.45, 7) is 5.98. The molecule has 5 heteroatoms. The number of carbonyl (C=O) groups is 2. The number of hydrogen-bond acceptors (Lipinski definition) is 3. The van der Waals surface area contributed by atoms with Crippen molar-refractivity contribution in [1.29, 1.82) is 0 Å². The first-order valence-corrected chi connectivity index (χ1v) is 6.57. The van der Waals surface area contributed by atoms with Crippen LogP contribution in [0.1, 0.15) is 46.5 Å². The molecule has 1 saturated carbocycles. The summed E-state index contributed by atoms with van der Waals surface area (Å²) in [5.74, 6) is -0.877. The maximum atomic E-state index is 12.6. The van der Waals surface area contributed by atoms with Gasteiger partial charge in [0.2, 0.25) is 5.91 Å². The molecule has 0 heterocycles. The van der Waals surface area contributed by atoms with Gasteiger partial charge < -0.3 is 15.7 Å². The molecular weight excluding hydrogens is 232 g/mol. The van der Waals surface area contributed by atoms with E-state index in [9.17, 15) is 9.59 Å². The average molecular weight is 256 g/mol. The third-order valence-corrected chi connectivity index (χ3v) is 3.97. The number of carbonyl (C=O) groups excluding carboxylic acids is 1. The zero-order valence-electron chi connectivity index (χ0n) is 11.5. The molecule has 0 bridgehead atoms. The van der Waals surface area contributed by atoms with Gasteiger partial charge in [0.05, 0.1) is 11.8 Å². The van der Waals surface area contributed by atoms with Gasteiger partial charge in [0.25, 0.3) is 0 Å². The van der Waals surface area contributed by atoms with Gasteiger partial charge in [-0.05, 0) is 33.6 Å². The highest BCUT2D eigenvalue weighted by atomic mass is 16.4. The second kappa shape index (κ2) is 5.69. The van der Waals surface area contributed by atoms with Crippen LogP contribution in [0.3, 0.4) is 0 Å². The lowest BCUT2D eigenvalue weighted by Crippen LogP contribution is -2.51. The molecule has 1 aliphatic rings. The molecule has 1 aliphatic carbocycles. The van der Waals surface area contributed by atoms with Crippen molar-refractivity contribution in [2.24, 2.45) is 11.1 Å². The summed E-state index contributed by atoms with van der Waals surface area (Å²) in [6, 6.07) is -0.113. The molecule has 5 nitrogen and oxygen atoms in total. The largest absolute Gasteiger partial charge is 0.481 e. The molecular formula is C13H24N2O3. The van der Waals surface area contributed by atoms with Gasteiger partial charge in [-0.1, -0.05) is 6.42 Å². The second-order valence-electron chi connectivity index (χ2n) is 5.65. The molecule has 1 fully saturated rings. The zero-order chi connectivity index (χ0) is 13.9. The van der Waals surface area contributed by atoms with E-state index in [0.717, 1.165) is 19.3 Å². The molecule has 1 rings (SSSR count). The first-order chi connectivity index (χ1) is 8.29. The Kier molecular flexibility index (Phi) is 4.73. The highest BCUT2D eigenvalue weighted by molar-refractivity contribution is 5.84. The molecule has 0 radical (unpaired) electrons. The predicted octanol–water partition coefficient (Wildman–Crippen LogP) is 1.22. The van der Waals surface area contributed by atoms with Crippen molar-refractivity contribution < 1.29 is 14.7 Å². The maximum Gasteiger partial charge on any atom is 0.305 e. The van der Waals surface area contributed by atoms with Crippen molar-refractivity contribution in [2.75, 3.05) is 6.54 Å². The molecule has 0 spiro atoms. The molecule has 2 atom stereocenters. The third-order valence-electron chi connectivity index (χ3n) is 3.97. The van der Waals surface area contributed by atoms with E-state index < -0.39 is 11.4 Å². The number of amides is 1. The molecule has 18 heavy (non-hydrogen) atoms. The van der Waals surface area contributed by atoms with Crippen molar-refractivity contribution >= 4 is 11.9 Å². The smallest absolute Gasteiger partial charge is 0.305 e. The quantitative estimate of drug-likeness (QED) is 0.774. The van der Waals surface area contributed by atoms with Crippen LogP contribution in [0.15, 0.2) is 0 Å². The van der Waals surface area contributed by atoms with Gasteiger partial charge in [0.15, 0.2) is 0 Å². The van der Waals surface area contributed by atoms with Gasteiger partial charge in [0.1, 0.15) is 0 Å². The minimum Gasteiger partial charge on any atom is -0.481 e. The minimum atomic E-state index is -0.880. The van der Waals surface area contributed by atoms with Crippen LogP contribution in [-0.4, -0.2) is 40.5 Å². The van der Waals surface area contributed by atoms with E-state index in [1.807, 2.05) is 20.8 Å². The Balaban J connectivity index is 2.79. The minimum absolute atomic E-state index is 0.00137. The fraction of sp³-hybridized carbons (Fsp3) is 0.846. The summed E-state index contributed by atoms with van der Waals surface area (Å²) in [5.41, 5.74) is 5.52. The monoisotopic (exact) mass is 256 g/mol. The lowest BCUT2D eigenvalue weighted by molar-refractivity contribution is -0.145. The number of aliphatic carboxylic acids is 1. The Morgan fingerprint density at radius 2 is 2.11 bits per heavy atom. The molecule has 104 valence electrons. The van der Waals surface area contributed by atoms with Gasteiger partial charge in [0, 0.05) is 18.6 Å². The molecule has 0 aliphatic heterocycles. The van der Waals surface area contributed by atoms with Gasteiger partial charge in [-0.25, -0.2) is 0 Å². The van der Waals surface area contributed by atoms with E-state index in [4.69, 9.17) is 10.8 Å². The van der Waals surface area contributed by atoms with Gasteiger partial charge in [-0.15, -0.1) is 0 Å². The molecule has 1 amide bonds. The van der Waals surface area contributed by atoms with Crippen LogP contribution in [0.4, 0.5) is 0 Å². The summed E-state index contributed by atoms with van der Waals surface area (Å²) in [7, 11) is 0. The fourth-order valence-corrected chi connectivity index (χ4v) is 2.60. The number of hydrogen-bond donors (Lipinski definition) is 2. The van der Waals surface area contributed by atoms with E-state index in [1.54, 1.807) is 4.90 Å². The number of nitrogens with two attached hydrogens (primary N) is 1. The molecule has 0 aromatic heterocycles. The number of carboxylic acids is 1. The Morgan fingerprint density at radius 3 is 2.50 bits per heavy atom. The van der Waals surface area contributed by atoms with Crippen LogP contribution in [0.25, 0.3) is 0 Å². The van der Waals surface area contributed by atoms with Gasteiger partial charge >= 0.3 is 5.97 Å². The lowest BCUT2D eigenvalue weighted by Gasteiger charge is -2.36. The number of nitrogens with zero attached hydrogens (tertiary/aromatic N) is 1. The third kappa shape index (κ3) is 3.02. The Hall–Kier alpha value is -1.10. The molecule has 2 unspecified atom stereocenters. The number of rotatable bonds is 5. The van der Waals surface area contributed by atoms with E-state index in [2.05, 4.69) is 0 Å². The molecule has 0 aromatic rings. The van der Waals surface area contributed by atoms with Crippen LogP contribution < -0.4 is 5.73 Å². The summed E-state index contributed by atoms with van der Waals surface area (Å²) in [6.07, 6.45) is 2.61. The van der Waals surface area contributed by atoms with Gasteiger partial charge in [-0.3, -0.25) is 9.59 Å². The summed E-state index contributed by atoms with van der Waals surface area (Å²) in [4.78, 5) is 24.9. The van der Waals surface area contributed by atoms with Crippen molar-refractivity contribution in [2.45, 2.75) is 58.5 Å². The standard InChI is InChI=1S/C13H24N2O3/c1-9(2)15(8-6-11(16)17)12(18)13(3)7-4-5-10(13)14/h9-10H,4-8,14H2,1-3H3,(H,16,17). The lowest BCUT2D eigenvalue weighted by atomic mass is 9.83. The van der Waals surface area contributed by atoms with Crippen LogP contribution in [-0.2, 0) is 9.59 Å². The first-order valence-electron chi connectivity index (χ1n) is 6.57. The zero-order valence-corrected chi connectivity index (χ0v) is 11.5. The predicted molar refractivity (Wildman–Crippen MR) is 69.0 cm³/mol. The Bertz CT molecular complexity index is 330. The van der Waals surface area contributed by atoms with Crippen molar-refractivity contribution in [3.05, 3.63) is 0 Å². The van der Waals surface area contributed by atoms with E-state index in [-0.39, 0.29) is 31.0 Å².